The lowest BCUT2D eigenvalue weighted by atomic mass is 10.1. The number of amides is 1. The summed E-state index contributed by atoms with van der Waals surface area (Å²) in [6.07, 6.45) is 0. The fourth-order valence-electron chi connectivity index (χ4n) is 2.28. The monoisotopic (exact) mass is 393 g/mol. The molecule has 0 aliphatic rings. The Kier molecular flexibility index (Phi) is 6.71. The van der Waals surface area contributed by atoms with Crippen molar-refractivity contribution in [2.24, 2.45) is 0 Å². The molecule has 4 nitrogen and oxygen atoms in total. The van der Waals surface area contributed by atoms with E-state index in [2.05, 4.69) is 11.1 Å². The topological polar surface area (TPSA) is 57.0 Å². The Hall–Kier alpha value is -1.74. The first kappa shape index (κ1) is 19.6. The van der Waals surface area contributed by atoms with Gasteiger partial charge in [-0.05, 0) is 43.2 Å². The summed E-state index contributed by atoms with van der Waals surface area (Å²) in [6, 6.07) is 9.32. The van der Waals surface area contributed by atoms with Crippen molar-refractivity contribution in [3.8, 4) is 6.07 Å². The number of halogens is 2. The maximum Gasteiger partial charge on any atom is 0.233 e. The first-order valence-corrected chi connectivity index (χ1v) is 9.25. The van der Waals surface area contributed by atoms with Crippen molar-refractivity contribution >= 4 is 40.9 Å². The largest absolute Gasteiger partial charge is 0.341 e. The molecule has 0 saturated heterocycles. The van der Waals surface area contributed by atoms with Gasteiger partial charge < -0.3 is 4.90 Å². The fourth-order valence-corrected chi connectivity index (χ4v) is 3.64. The summed E-state index contributed by atoms with van der Waals surface area (Å²) in [5, 5.41) is 10.8. The van der Waals surface area contributed by atoms with Gasteiger partial charge in [-0.2, -0.15) is 5.26 Å². The van der Waals surface area contributed by atoms with Crippen LogP contribution < -0.4 is 0 Å². The van der Waals surface area contributed by atoms with Gasteiger partial charge in [0.25, 0.3) is 0 Å². The highest BCUT2D eigenvalue weighted by molar-refractivity contribution is 8.00. The van der Waals surface area contributed by atoms with E-state index in [4.69, 9.17) is 23.2 Å². The fraction of sp³-hybridized carbons (Fsp3) is 0.278. The minimum atomic E-state index is -0.0547. The van der Waals surface area contributed by atoms with E-state index >= 15 is 0 Å². The van der Waals surface area contributed by atoms with Crippen LogP contribution in [0.25, 0.3) is 0 Å². The van der Waals surface area contributed by atoms with E-state index in [-0.39, 0.29) is 11.7 Å². The molecule has 0 spiro atoms. The Morgan fingerprint density at radius 3 is 2.64 bits per heavy atom. The summed E-state index contributed by atoms with van der Waals surface area (Å²) in [7, 11) is 1.73. The number of pyridine rings is 1. The molecule has 25 heavy (non-hydrogen) atoms. The van der Waals surface area contributed by atoms with Crippen LogP contribution in [0.1, 0.15) is 22.4 Å². The zero-order valence-corrected chi connectivity index (χ0v) is 16.5. The van der Waals surface area contributed by atoms with Gasteiger partial charge in [0.1, 0.15) is 11.1 Å². The smallest absolute Gasteiger partial charge is 0.233 e. The van der Waals surface area contributed by atoms with Gasteiger partial charge in [0.05, 0.1) is 21.4 Å². The van der Waals surface area contributed by atoms with Crippen LogP contribution in [0.3, 0.4) is 0 Å². The quantitative estimate of drug-likeness (QED) is 0.694. The van der Waals surface area contributed by atoms with Crippen LogP contribution in [0.5, 0.6) is 0 Å². The summed E-state index contributed by atoms with van der Waals surface area (Å²) >= 11 is 13.2. The summed E-state index contributed by atoms with van der Waals surface area (Å²) < 4.78 is 0. The van der Waals surface area contributed by atoms with E-state index in [0.29, 0.717) is 27.2 Å². The average molecular weight is 394 g/mol. The van der Waals surface area contributed by atoms with Crippen molar-refractivity contribution in [2.45, 2.75) is 25.4 Å². The Balaban J connectivity index is 2.02. The number of thioether (sulfide) groups is 1. The summed E-state index contributed by atoms with van der Waals surface area (Å²) in [5.41, 5.74) is 3.12. The lowest BCUT2D eigenvalue weighted by Gasteiger charge is -2.17. The number of benzene rings is 1. The molecule has 2 rings (SSSR count). The van der Waals surface area contributed by atoms with Crippen molar-refractivity contribution < 1.29 is 4.79 Å². The molecule has 0 aliphatic heterocycles. The molecule has 0 aliphatic carbocycles. The predicted octanol–water partition coefficient (Wildman–Crippen LogP) is 4.63. The minimum absolute atomic E-state index is 0.0547. The molecule has 0 radical (unpaired) electrons. The Morgan fingerprint density at radius 2 is 2.00 bits per heavy atom. The van der Waals surface area contributed by atoms with Crippen LogP contribution >= 0.6 is 35.0 Å². The molecular weight excluding hydrogens is 377 g/mol. The number of nitrogens with zero attached hydrogens (tertiary/aromatic N) is 3. The Morgan fingerprint density at radius 1 is 1.28 bits per heavy atom. The molecule has 1 aromatic carbocycles. The highest BCUT2D eigenvalue weighted by Crippen LogP contribution is 2.25. The number of aryl methyl sites for hydroxylation is 2. The number of aromatic nitrogens is 1. The van der Waals surface area contributed by atoms with E-state index in [1.807, 2.05) is 26.0 Å². The lowest BCUT2D eigenvalue weighted by Crippen LogP contribution is -2.27. The normalized spacial score (nSPS) is 10.4. The number of carbonyl (C=O) groups excluding carboxylic acids is 1. The number of hydrogen-bond acceptors (Lipinski definition) is 4. The second-order valence-electron chi connectivity index (χ2n) is 5.66. The molecule has 2 aromatic rings. The van der Waals surface area contributed by atoms with E-state index < -0.39 is 0 Å². The van der Waals surface area contributed by atoms with Gasteiger partial charge in [0, 0.05) is 19.3 Å². The molecule has 0 fully saturated rings. The average Bonchev–Trinajstić information content (AvgIpc) is 2.55. The second kappa shape index (κ2) is 8.57. The molecule has 0 unspecified atom stereocenters. The van der Waals surface area contributed by atoms with E-state index in [1.54, 1.807) is 24.1 Å². The zero-order valence-electron chi connectivity index (χ0n) is 14.1. The Labute approximate surface area is 161 Å². The molecule has 0 bridgehead atoms. The van der Waals surface area contributed by atoms with Gasteiger partial charge in [-0.3, -0.25) is 4.79 Å². The molecular formula is C18H17Cl2N3OS. The van der Waals surface area contributed by atoms with Gasteiger partial charge in [-0.15, -0.1) is 0 Å². The number of nitriles is 1. The highest BCUT2D eigenvalue weighted by Gasteiger charge is 2.14. The first-order chi connectivity index (χ1) is 11.8. The molecule has 130 valence electrons. The van der Waals surface area contributed by atoms with Gasteiger partial charge in [-0.25, -0.2) is 4.98 Å². The maximum absolute atomic E-state index is 12.4. The number of hydrogen-bond donors (Lipinski definition) is 0. The predicted molar refractivity (Wildman–Crippen MR) is 102 cm³/mol. The minimum Gasteiger partial charge on any atom is -0.341 e. The molecule has 1 amide bonds. The van der Waals surface area contributed by atoms with E-state index in [0.717, 1.165) is 16.8 Å². The third-order valence-electron chi connectivity index (χ3n) is 3.59. The second-order valence-corrected chi connectivity index (χ2v) is 7.44. The summed E-state index contributed by atoms with van der Waals surface area (Å²) in [5.74, 6) is 0.156. The molecule has 1 heterocycles. The summed E-state index contributed by atoms with van der Waals surface area (Å²) in [4.78, 5) is 18.4. The van der Waals surface area contributed by atoms with Crippen LogP contribution in [0.4, 0.5) is 0 Å². The van der Waals surface area contributed by atoms with E-state index in [9.17, 15) is 10.1 Å². The molecule has 0 saturated carbocycles. The highest BCUT2D eigenvalue weighted by atomic mass is 35.5. The lowest BCUT2D eigenvalue weighted by molar-refractivity contribution is -0.127. The van der Waals surface area contributed by atoms with Crippen LogP contribution in [-0.2, 0) is 11.3 Å². The first-order valence-electron chi connectivity index (χ1n) is 7.51. The molecule has 0 atom stereocenters. The Bertz CT molecular complexity index is 849. The van der Waals surface area contributed by atoms with Crippen LogP contribution in [0.2, 0.25) is 10.0 Å². The number of carbonyl (C=O) groups is 1. The molecule has 7 heteroatoms. The molecule has 1 aromatic heterocycles. The summed E-state index contributed by atoms with van der Waals surface area (Å²) in [6.45, 7) is 4.17. The van der Waals surface area contributed by atoms with Crippen molar-refractivity contribution in [3.63, 3.8) is 0 Å². The molecule has 0 N–H and O–H groups in total. The third-order valence-corrected chi connectivity index (χ3v) is 5.28. The van der Waals surface area contributed by atoms with Crippen LogP contribution in [0.15, 0.2) is 29.3 Å². The zero-order chi connectivity index (χ0) is 18.6. The van der Waals surface area contributed by atoms with Crippen LogP contribution in [-0.4, -0.2) is 28.6 Å². The standard InChI is InChI=1S/C18H17Cl2N3OS/c1-11-6-12(2)22-18(14(11)8-21)25-10-17(24)23(3)9-13-4-5-15(19)16(20)7-13/h4-7H,9-10H2,1-3H3. The maximum atomic E-state index is 12.4. The van der Waals surface area contributed by atoms with Gasteiger partial charge in [-0.1, -0.05) is 41.0 Å². The van der Waals surface area contributed by atoms with E-state index in [1.165, 1.54) is 11.8 Å². The van der Waals surface area contributed by atoms with Crippen molar-refractivity contribution in [1.29, 1.82) is 5.26 Å². The van der Waals surface area contributed by atoms with Gasteiger partial charge in [0.15, 0.2) is 0 Å². The number of rotatable bonds is 5. The van der Waals surface area contributed by atoms with Gasteiger partial charge >= 0.3 is 0 Å². The van der Waals surface area contributed by atoms with Crippen molar-refractivity contribution in [1.82, 2.24) is 9.88 Å². The van der Waals surface area contributed by atoms with Gasteiger partial charge in [0.2, 0.25) is 5.91 Å². The van der Waals surface area contributed by atoms with Crippen molar-refractivity contribution in [2.75, 3.05) is 12.8 Å². The van der Waals surface area contributed by atoms with Crippen LogP contribution in [0, 0.1) is 25.2 Å². The van der Waals surface area contributed by atoms with Crippen molar-refractivity contribution in [3.05, 3.63) is 56.7 Å². The SMILES string of the molecule is Cc1cc(C)c(C#N)c(SCC(=O)N(C)Cc2ccc(Cl)c(Cl)c2)n1. The third kappa shape index (κ3) is 5.12.